The van der Waals surface area contributed by atoms with Crippen molar-refractivity contribution in [1.82, 2.24) is 5.32 Å². The van der Waals surface area contributed by atoms with Gasteiger partial charge in [0.25, 0.3) is 5.91 Å². The van der Waals surface area contributed by atoms with Crippen LogP contribution in [-0.4, -0.2) is 23.8 Å². The minimum atomic E-state index is -0.711. The van der Waals surface area contributed by atoms with Gasteiger partial charge in [-0.2, -0.15) is 0 Å². The van der Waals surface area contributed by atoms with E-state index in [9.17, 15) is 14.4 Å². The molecule has 6 nitrogen and oxygen atoms in total. The first-order valence-corrected chi connectivity index (χ1v) is 6.29. The van der Waals surface area contributed by atoms with Crippen LogP contribution in [0.3, 0.4) is 0 Å². The molecule has 0 radical (unpaired) electrons. The zero-order valence-corrected chi connectivity index (χ0v) is 11.8. The third kappa shape index (κ3) is 4.38. The quantitative estimate of drug-likeness (QED) is 0.744. The van der Waals surface area contributed by atoms with Gasteiger partial charge in [-0.05, 0) is 30.2 Å². The molecule has 1 aromatic carbocycles. The second-order valence-electron chi connectivity index (χ2n) is 4.86. The van der Waals surface area contributed by atoms with Crippen molar-refractivity contribution in [3.05, 3.63) is 29.8 Å². The lowest BCUT2D eigenvalue weighted by Gasteiger charge is -2.18. The van der Waals surface area contributed by atoms with Gasteiger partial charge < -0.3 is 16.4 Å². The monoisotopic (exact) mass is 277 g/mol. The molecule has 0 saturated heterocycles. The van der Waals surface area contributed by atoms with Crippen molar-refractivity contribution >= 4 is 23.4 Å². The normalized spacial score (nSPS) is 11.8. The van der Waals surface area contributed by atoms with Crippen LogP contribution in [0.4, 0.5) is 5.69 Å². The average Bonchev–Trinajstić information content (AvgIpc) is 2.35. The lowest BCUT2D eigenvalue weighted by Crippen LogP contribution is -2.47. The molecule has 0 saturated carbocycles. The van der Waals surface area contributed by atoms with E-state index in [0.717, 1.165) is 0 Å². The van der Waals surface area contributed by atoms with Gasteiger partial charge in [0.1, 0.15) is 6.04 Å². The maximum absolute atomic E-state index is 12.0. The van der Waals surface area contributed by atoms with Gasteiger partial charge >= 0.3 is 0 Å². The van der Waals surface area contributed by atoms with E-state index in [0.29, 0.717) is 11.3 Å². The summed E-state index contributed by atoms with van der Waals surface area (Å²) in [5.41, 5.74) is 6.24. The molecule has 0 unspecified atom stereocenters. The summed E-state index contributed by atoms with van der Waals surface area (Å²) < 4.78 is 0. The van der Waals surface area contributed by atoms with Crippen LogP contribution < -0.4 is 16.4 Å². The van der Waals surface area contributed by atoms with Crippen LogP contribution in [0.2, 0.25) is 0 Å². The van der Waals surface area contributed by atoms with Crippen molar-refractivity contribution in [3.8, 4) is 0 Å². The standard InChI is InChI=1S/C14H19N3O3/c1-8(2)12(13(15)19)17-14(20)10-4-6-11(7-5-10)16-9(3)18/h4-8,12H,1-3H3,(H2,15,19)(H,16,18)(H,17,20)/t12-/m1/s1. The number of carbonyl (C=O) groups is 3. The fraction of sp³-hybridized carbons (Fsp3) is 0.357. The summed E-state index contributed by atoms with van der Waals surface area (Å²) in [7, 11) is 0. The van der Waals surface area contributed by atoms with Gasteiger partial charge in [-0.3, -0.25) is 14.4 Å². The molecular weight excluding hydrogens is 258 g/mol. The highest BCUT2D eigenvalue weighted by molar-refractivity contribution is 5.98. The Balaban J connectivity index is 2.77. The summed E-state index contributed by atoms with van der Waals surface area (Å²) in [6, 6.07) is 5.66. The molecule has 1 rings (SSSR count). The van der Waals surface area contributed by atoms with E-state index in [1.165, 1.54) is 6.92 Å². The lowest BCUT2D eigenvalue weighted by atomic mass is 10.0. The Morgan fingerprint density at radius 1 is 1.10 bits per heavy atom. The summed E-state index contributed by atoms with van der Waals surface area (Å²) in [6.07, 6.45) is 0. The molecule has 1 atom stereocenters. The van der Waals surface area contributed by atoms with Crippen LogP contribution in [0.25, 0.3) is 0 Å². The predicted octanol–water partition coefficient (Wildman–Crippen LogP) is 0.885. The molecule has 20 heavy (non-hydrogen) atoms. The first-order chi connectivity index (χ1) is 9.31. The maximum Gasteiger partial charge on any atom is 0.251 e. The third-order valence-electron chi connectivity index (χ3n) is 2.73. The van der Waals surface area contributed by atoms with E-state index >= 15 is 0 Å². The largest absolute Gasteiger partial charge is 0.368 e. The molecule has 3 amide bonds. The van der Waals surface area contributed by atoms with Crippen LogP contribution in [0.15, 0.2) is 24.3 Å². The Bertz CT molecular complexity index is 509. The highest BCUT2D eigenvalue weighted by Crippen LogP contribution is 2.10. The Kier molecular flexibility index (Phi) is 5.25. The Hall–Kier alpha value is -2.37. The molecule has 0 aromatic heterocycles. The van der Waals surface area contributed by atoms with Gasteiger partial charge in [-0.15, -0.1) is 0 Å². The van der Waals surface area contributed by atoms with Crippen molar-refractivity contribution in [2.24, 2.45) is 11.7 Å². The summed E-state index contributed by atoms with van der Waals surface area (Å²) in [6.45, 7) is 5.01. The van der Waals surface area contributed by atoms with Crippen LogP contribution in [0.5, 0.6) is 0 Å². The molecule has 0 heterocycles. The average molecular weight is 277 g/mol. The molecule has 0 spiro atoms. The second kappa shape index (κ2) is 6.70. The number of primary amides is 1. The number of anilines is 1. The van der Waals surface area contributed by atoms with Crippen LogP contribution in [0, 0.1) is 5.92 Å². The molecule has 0 aliphatic rings. The number of carbonyl (C=O) groups excluding carboxylic acids is 3. The molecule has 108 valence electrons. The fourth-order valence-electron chi connectivity index (χ4n) is 1.70. The van der Waals surface area contributed by atoms with Gasteiger partial charge in [0.15, 0.2) is 0 Å². The minimum Gasteiger partial charge on any atom is -0.368 e. The summed E-state index contributed by atoms with van der Waals surface area (Å²) in [5.74, 6) is -1.22. The van der Waals surface area contributed by atoms with Crippen molar-refractivity contribution < 1.29 is 14.4 Å². The van der Waals surface area contributed by atoms with Crippen molar-refractivity contribution in [1.29, 1.82) is 0 Å². The van der Waals surface area contributed by atoms with E-state index in [2.05, 4.69) is 10.6 Å². The smallest absolute Gasteiger partial charge is 0.251 e. The van der Waals surface area contributed by atoms with Crippen LogP contribution in [0.1, 0.15) is 31.1 Å². The highest BCUT2D eigenvalue weighted by Gasteiger charge is 2.22. The summed E-state index contributed by atoms with van der Waals surface area (Å²) in [4.78, 5) is 34.1. The molecular formula is C14H19N3O3. The van der Waals surface area contributed by atoms with Gasteiger partial charge in [0, 0.05) is 18.2 Å². The second-order valence-corrected chi connectivity index (χ2v) is 4.86. The van der Waals surface area contributed by atoms with Gasteiger partial charge in [0.05, 0.1) is 0 Å². The number of nitrogens with two attached hydrogens (primary N) is 1. The molecule has 0 aliphatic heterocycles. The molecule has 0 bridgehead atoms. The van der Waals surface area contributed by atoms with E-state index in [4.69, 9.17) is 5.73 Å². The van der Waals surface area contributed by atoms with Crippen molar-refractivity contribution in [2.75, 3.05) is 5.32 Å². The van der Waals surface area contributed by atoms with Crippen LogP contribution in [-0.2, 0) is 9.59 Å². The zero-order chi connectivity index (χ0) is 15.3. The minimum absolute atomic E-state index is 0.0879. The molecule has 0 aliphatic carbocycles. The Morgan fingerprint density at radius 2 is 1.65 bits per heavy atom. The molecule has 4 N–H and O–H groups in total. The summed E-state index contributed by atoms with van der Waals surface area (Å²) >= 11 is 0. The van der Waals surface area contributed by atoms with Gasteiger partial charge in [0.2, 0.25) is 11.8 Å². The topological polar surface area (TPSA) is 101 Å². The first kappa shape index (κ1) is 15.7. The lowest BCUT2D eigenvalue weighted by molar-refractivity contribution is -0.120. The van der Waals surface area contributed by atoms with Crippen LogP contribution >= 0.6 is 0 Å². The SMILES string of the molecule is CC(=O)Nc1ccc(C(=O)N[C@@H](C(N)=O)C(C)C)cc1. The fourth-order valence-corrected chi connectivity index (χ4v) is 1.70. The number of hydrogen-bond acceptors (Lipinski definition) is 3. The summed E-state index contributed by atoms with van der Waals surface area (Å²) in [5, 5.41) is 5.19. The Morgan fingerprint density at radius 3 is 2.05 bits per heavy atom. The van der Waals surface area contributed by atoms with E-state index in [1.54, 1.807) is 38.1 Å². The van der Waals surface area contributed by atoms with Gasteiger partial charge in [-0.1, -0.05) is 13.8 Å². The molecule has 0 fully saturated rings. The maximum atomic E-state index is 12.0. The number of hydrogen-bond donors (Lipinski definition) is 3. The third-order valence-corrected chi connectivity index (χ3v) is 2.73. The highest BCUT2D eigenvalue weighted by atomic mass is 16.2. The van der Waals surface area contributed by atoms with Crippen molar-refractivity contribution in [3.63, 3.8) is 0 Å². The van der Waals surface area contributed by atoms with Crippen molar-refractivity contribution in [2.45, 2.75) is 26.8 Å². The number of rotatable bonds is 5. The number of amides is 3. The van der Waals surface area contributed by atoms with Gasteiger partial charge in [-0.25, -0.2) is 0 Å². The zero-order valence-electron chi connectivity index (χ0n) is 11.8. The number of benzene rings is 1. The molecule has 6 heteroatoms. The molecule has 1 aromatic rings. The van der Waals surface area contributed by atoms with E-state index < -0.39 is 11.9 Å². The Labute approximate surface area is 117 Å². The van der Waals surface area contributed by atoms with E-state index in [-0.39, 0.29) is 17.7 Å². The predicted molar refractivity (Wildman–Crippen MR) is 76.0 cm³/mol. The van der Waals surface area contributed by atoms with E-state index in [1.807, 2.05) is 0 Å². The first-order valence-electron chi connectivity index (χ1n) is 6.29. The number of nitrogens with one attached hydrogen (secondary N) is 2.